The number of carbonyl (C=O) groups is 4. The summed E-state index contributed by atoms with van der Waals surface area (Å²) in [4.78, 5) is 86.9. The highest BCUT2D eigenvalue weighted by molar-refractivity contribution is 7.89. The summed E-state index contributed by atoms with van der Waals surface area (Å²) < 4.78 is 52.8. The summed E-state index contributed by atoms with van der Waals surface area (Å²) in [5.41, 5.74) is 7.07. The van der Waals surface area contributed by atoms with Gasteiger partial charge in [0, 0.05) is 43.3 Å². The number of ether oxygens (including phenoxy) is 4. The van der Waals surface area contributed by atoms with Crippen LogP contribution in [0.3, 0.4) is 0 Å². The zero-order valence-corrected chi connectivity index (χ0v) is 32.7. The number of hydrogen-bond donors (Lipinski definition) is 5. The zero-order valence-electron chi connectivity index (χ0n) is 31.9. The summed E-state index contributed by atoms with van der Waals surface area (Å²) in [7, 11) is -4.04. The molecule has 24 heteroatoms. The molecule has 0 saturated carbocycles. The number of nitrogens with zero attached hydrogens (tertiary/aromatic N) is 4. The third kappa shape index (κ3) is 12.4. The number of para-hydroxylation sites is 1. The van der Waals surface area contributed by atoms with Crippen LogP contribution in [0.5, 0.6) is 0 Å². The third-order valence-electron chi connectivity index (χ3n) is 9.25. The van der Waals surface area contributed by atoms with Gasteiger partial charge in [-0.2, -0.15) is 0 Å². The second-order valence-corrected chi connectivity index (χ2v) is 14.9. The standard InChI is InChI=1S/C35H43N7O16S/c1-4-13-37-29-30(32(49)31(29)48)38-14-9-5-6-10-15-56-35(34(50)55-3)18-24(57-20(2)43)28(40-59(53,54)25-12-8-7-11-23(25)42(51)52)33(58-35)22(17-27(46)47)21(16-26(44)45)19-39-41-36/h1,7-8,11-12,21-22,24,28,33,37-38,40H,5-6,9-10,13-19H2,2-3H3,(H,44,45)(H,46,47)/t21-,22+,24-,28+,33+,35+/m0/s1. The van der Waals surface area contributed by atoms with E-state index in [2.05, 4.69) is 31.3 Å². The second-order valence-electron chi connectivity index (χ2n) is 13.2. The zero-order chi connectivity index (χ0) is 43.9. The Kier molecular flexibility index (Phi) is 17.3. The summed E-state index contributed by atoms with van der Waals surface area (Å²) in [6.07, 6.45) is 0.621. The number of aliphatic carboxylic acids is 2. The number of nitro benzene ring substituents is 1. The number of nitro groups is 1. The van der Waals surface area contributed by atoms with Crippen LogP contribution in [-0.4, -0.2) is 105 Å². The van der Waals surface area contributed by atoms with Gasteiger partial charge in [-0.05, 0) is 30.4 Å². The van der Waals surface area contributed by atoms with Crippen LogP contribution in [0.15, 0.2) is 43.9 Å². The molecule has 5 N–H and O–H groups in total. The Morgan fingerprint density at radius 2 is 1.75 bits per heavy atom. The van der Waals surface area contributed by atoms with Gasteiger partial charge in [-0.25, -0.2) is 17.9 Å². The Labute approximate surface area is 336 Å². The summed E-state index contributed by atoms with van der Waals surface area (Å²) >= 11 is 0. The highest BCUT2D eigenvalue weighted by atomic mass is 32.2. The number of sulfonamides is 1. The van der Waals surface area contributed by atoms with Crippen LogP contribution in [0.25, 0.3) is 10.4 Å². The first kappa shape index (κ1) is 47.3. The maximum atomic E-state index is 13.9. The number of carbonyl (C=O) groups excluding carboxylic acids is 2. The number of terminal acetylenes is 1. The molecule has 0 spiro atoms. The lowest BCUT2D eigenvalue weighted by Gasteiger charge is -2.49. The van der Waals surface area contributed by atoms with Gasteiger partial charge in [0.2, 0.25) is 10.0 Å². The number of unbranched alkanes of at least 4 members (excludes halogenated alkanes) is 3. The van der Waals surface area contributed by atoms with E-state index >= 15 is 0 Å². The van der Waals surface area contributed by atoms with Crippen molar-refractivity contribution in [2.24, 2.45) is 17.0 Å². The maximum Gasteiger partial charge on any atom is 0.366 e. The largest absolute Gasteiger partial charge is 0.481 e. The molecule has 3 rings (SSSR count). The topological polar surface area (TPSA) is 342 Å². The van der Waals surface area contributed by atoms with Crippen LogP contribution in [-0.2, 0) is 48.1 Å². The molecule has 0 aliphatic carbocycles. The molecule has 0 bridgehead atoms. The summed E-state index contributed by atoms with van der Waals surface area (Å²) in [5.74, 6) is -8.60. The molecule has 2 aromatic rings. The quantitative estimate of drug-likeness (QED) is 0.0109. The van der Waals surface area contributed by atoms with Gasteiger partial charge >= 0.3 is 23.9 Å². The Morgan fingerprint density at radius 3 is 2.34 bits per heavy atom. The monoisotopic (exact) mass is 849 g/mol. The number of azide groups is 1. The number of carboxylic acid groups (broad SMARTS) is 2. The van der Waals surface area contributed by atoms with Crippen LogP contribution in [0.2, 0.25) is 0 Å². The molecule has 1 aliphatic heterocycles. The second kappa shape index (κ2) is 21.6. The van der Waals surface area contributed by atoms with Crippen LogP contribution in [0.1, 0.15) is 51.9 Å². The van der Waals surface area contributed by atoms with Gasteiger partial charge in [0.1, 0.15) is 17.5 Å². The maximum absolute atomic E-state index is 13.9. The lowest BCUT2D eigenvalue weighted by Crippen LogP contribution is -2.67. The minimum absolute atomic E-state index is 0.0479. The summed E-state index contributed by atoms with van der Waals surface area (Å²) in [6, 6.07) is 2.32. The molecule has 59 heavy (non-hydrogen) atoms. The van der Waals surface area contributed by atoms with Crippen molar-refractivity contribution < 1.29 is 61.7 Å². The van der Waals surface area contributed by atoms with E-state index in [9.17, 15) is 57.5 Å². The average molecular weight is 850 g/mol. The number of benzene rings is 1. The predicted molar refractivity (Wildman–Crippen MR) is 204 cm³/mol. The lowest BCUT2D eigenvalue weighted by atomic mass is 9.76. The van der Waals surface area contributed by atoms with E-state index < -0.39 is 122 Å². The van der Waals surface area contributed by atoms with Gasteiger partial charge in [-0.15, -0.1) is 6.42 Å². The fourth-order valence-electron chi connectivity index (χ4n) is 6.66. The predicted octanol–water partition coefficient (Wildman–Crippen LogP) is 1.65. The van der Waals surface area contributed by atoms with Crippen molar-refractivity contribution in [1.82, 2.24) is 4.72 Å². The van der Waals surface area contributed by atoms with Gasteiger partial charge in [0.15, 0.2) is 4.90 Å². The van der Waals surface area contributed by atoms with Crippen molar-refractivity contribution in [2.45, 2.75) is 80.8 Å². The van der Waals surface area contributed by atoms with E-state index in [1.807, 2.05) is 0 Å². The van der Waals surface area contributed by atoms with Crippen LogP contribution >= 0.6 is 0 Å². The van der Waals surface area contributed by atoms with Gasteiger partial charge in [-0.1, -0.05) is 36.0 Å². The fraction of sp³-hybridized carbons (Fsp3) is 0.543. The molecule has 23 nitrogen and oxygen atoms in total. The van der Waals surface area contributed by atoms with Crippen LogP contribution in [0.4, 0.5) is 17.1 Å². The molecule has 0 unspecified atom stereocenters. The third-order valence-corrected chi connectivity index (χ3v) is 10.8. The van der Waals surface area contributed by atoms with Gasteiger partial charge in [0.25, 0.3) is 22.3 Å². The molecule has 1 aliphatic rings. The number of rotatable bonds is 25. The number of anilines is 2. The van der Waals surface area contributed by atoms with Gasteiger partial charge in [0.05, 0.1) is 50.2 Å². The molecule has 2 aromatic carbocycles. The highest BCUT2D eigenvalue weighted by Crippen LogP contribution is 2.41. The lowest BCUT2D eigenvalue weighted by molar-refractivity contribution is -0.387. The Hall–Kier alpha value is -6.12. The van der Waals surface area contributed by atoms with Crippen LogP contribution < -0.4 is 26.2 Å². The Bertz CT molecular complexity index is 2140. The van der Waals surface area contributed by atoms with Crippen molar-refractivity contribution in [3.05, 3.63) is 65.3 Å². The van der Waals surface area contributed by atoms with Crippen molar-refractivity contribution in [1.29, 1.82) is 0 Å². The number of hydrogen-bond acceptors (Lipinski definition) is 17. The van der Waals surface area contributed by atoms with E-state index in [-0.39, 0.29) is 30.9 Å². The molecule has 6 atom stereocenters. The molecular weight excluding hydrogens is 806 g/mol. The van der Waals surface area contributed by atoms with Crippen LogP contribution in [0, 0.1) is 34.3 Å². The summed E-state index contributed by atoms with van der Waals surface area (Å²) in [6.45, 7) is 0.383. The molecule has 1 heterocycles. The summed E-state index contributed by atoms with van der Waals surface area (Å²) in [5, 5.41) is 40.6. The van der Waals surface area contributed by atoms with Crippen molar-refractivity contribution >= 4 is 51.0 Å². The molecule has 320 valence electrons. The normalized spacial score (nSPS) is 19.9. The Balaban J connectivity index is 2.00. The Morgan fingerprint density at radius 1 is 1.10 bits per heavy atom. The first-order chi connectivity index (χ1) is 27.9. The first-order valence-corrected chi connectivity index (χ1v) is 19.4. The van der Waals surface area contributed by atoms with E-state index in [0.717, 1.165) is 26.2 Å². The average Bonchev–Trinajstić information content (AvgIpc) is 3.18. The van der Waals surface area contributed by atoms with E-state index in [4.69, 9.17) is 30.9 Å². The molecule has 1 fully saturated rings. The molecule has 1 saturated heterocycles. The molecule has 0 aromatic heterocycles. The number of nitrogens with one attached hydrogen (secondary N) is 3. The smallest absolute Gasteiger partial charge is 0.366 e. The van der Waals surface area contributed by atoms with Gasteiger partial charge < -0.3 is 39.8 Å². The van der Waals surface area contributed by atoms with Crippen molar-refractivity contribution in [2.75, 3.05) is 44.0 Å². The number of carboxylic acids is 2. The van der Waals surface area contributed by atoms with E-state index in [1.165, 1.54) is 12.1 Å². The van der Waals surface area contributed by atoms with Crippen molar-refractivity contribution in [3.8, 4) is 12.3 Å². The van der Waals surface area contributed by atoms with Gasteiger partial charge in [-0.3, -0.25) is 34.1 Å². The SMILES string of the molecule is C#CCNc1c(NCCCCCCO[C@]2(C(=O)OC)C[C@H](OC(C)=O)[C@@H](NS(=O)(=O)c3ccccc3[N+](=O)[O-])[C@@H]([C@H](CC(=O)O)[C@H](CN=[N+]=[N-])CC(=O)O)O2)c(=O)c1=O. The highest BCUT2D eigenvalue weighted by Gasteiger charge is 2.58. The molecule has 0 amide bonds. The molecule has 0 radical (unpaired) electrons. The van der Waals surface area contributed by atoms with E-state index in [1.54, 1.807) is 0 Å². The number of methoxy groups -OCH3 is 1. The minimum atomic E-state index is -5.00. The first-order valence-electron chi connectivity index (χ1n) is 17.9. The minimum Gasteiger partial charge on any atom is -0.481 e. The van der Waals surface area contributed by atoms with E-state index in [0.29, 0.717) is 25.8 Å². The number of esters is 2. The van der Waals surface area contributed by atoms with Crippen molar-refractivity contribution in [3.63, 3.8) is 0 Å². The fourth-order valence-corrected chi connectivity index (χ4v) is 8.10. The molecular formula is C35H43N7O16S.